The van der Waals surface area contributed by atoms with E-state index in [0.717, 1.165) is 17.9 Å². The zero-order valence-electron chi connectivity index (χ0n) is 12.7. The summed E-state index contributed by atoms with van der Waals surface area (Å²) in [5.74, 6) is 0.932. The molecule has 0 saturated carbocycles. The zero-order valence-corrected chi connectivity index (χ0v) is 12.7. The Morgan fingerprint density at radius 1 is 1.40 bits per heavy atom. The lowest BCUT2D eigenvalue weighted by Gasteiger charge is -2.17. The zero-order chi connectivity index (χ0) is 14.5. The molecule has 1 heterocycles. The van der Waals surface area contributed by atoms with E-state index >= 15 is 0 Å². The van der Waals surface area contributed by atoms with Gasteiger partial charge in [-0.05, 0) is 33.9 Å². The first kappa shape index (κ1) is 14.6. The fourth-order valence-electron chi connectivity index (χ4n) is 2.11. The van der Waals surface area contributed by atoms with E-state index in [1.807, 2.05) is 30.2 Å². The predicted octanol–water partition coefficient (Wildman–Crippen LogP) is 3.07. The smallest absolute Gasteiger partial charge is 0.124 e. The van der Waals surface area contributed by atoms with Crippen LogP contribution in [0.1, 0.15) is 36.6 Å². The summed E-state index contributed by atoms with van der Waals surface area (Å²) in [6.45, 7) is 7.74. The summed E-state index contributed by atoms with van der Waals surface area (Å²) in [5, 5.41) is 7.52. The molecule has 0 fully saturated rings. The number of nitrogens with zero attached hydrogens (tertiary/aromatic N) is 2. The van der Waals surface area contributed by atoms with Crippen LogP contribution in [0, 0.1) is 6.92 Å². The monoisotopic (exact) mass is 273 g/mol. The van der Waals surface area contributed by atoms with Crippen LogP contribution in [-0.4, -0.2) is 16.8 Å². The maximum Gasteiger partial charge on any atom is 0.124 e. The van der Waals surface area contributed by atoms with Crippen LogP contribution in [0.3, 0.4) is 0 Å². The van der Waals surface area contributed by atoms with Crippen molar-refractivity contribution in [3.05, 3.63) is 47.3 Å². The van der Waals surface area contributed by atoms with Crippen LogP contribution in [0.25, 0.3) is 0 Å². The van der Waals surface area contributed by atoms with Crippen molar-refractivity contribution in [2.45, 2.75) is 40.0 Å². The molecule has 4 nitrogen and oxygen atoms in total. The van der Waals surface area contributed by atoms with Crippen molar-refractivity contribution >= 4 is 0 Å². The molecule has 1 atom stereocenters. The molecule has 20 heavy (non-hydrogen) atoms. The number of benzene rings is 1. The van der Waals surface area contributed by atoms with Gasteiger partial charge < -0.3 is 10.1 Å². The minimum atomic E-state index is 0.267. The van der Waals surface area contributed by atoms with Crippen LogP contribution in [0.5, 0.6) is 5.75 Å². The summed E-state index contributed by atoms with van der Waals surface area (Å²) in [4.78, 5) is 0. The van der Waals surface area contributed by atoms with Gasteiger partial charge in [0.05, 0.1) is 6.20 Å². The summed E-state index contributed by atoms with van der Waals surface area (Å²) in [7, 11) is 1.96. The van der Waals surface area contributed by atoms with E-state index in [-0.39, 0.29) is 6.04 Å². The van der Waals surface area contributed by atoms with Gasteiger partial charge >= 0.3 is 0 Å². The molecule has 0 bridgehead atoms. The average Bonchev–Trinajstić information content (AvgIpc) is 2.93. The molecule has 0 aliphatic rings. The molecule has 0 saturated heterocycles. The highest BCUT2D eigenvalue weighted by molar-refractivity contribution is 5.39. The molecule has 4 heteroatoms. The molecule has 1 N–H and O–H groups in total. The minimum absolute atomic E-state index is 0.267. The molecule has 0 spiro atoms. The summed E-state index contributed by atoms with van der Waals surface area (Å²) < 4.78 is 7.87. The van der Waals surface area contributed by atoms with Crippen LogP contribution in [0.15, 0.2) is 30.6 Å². The summed E-state index contributed by atoms with van der Waals surface area (Å²) >= 11 is 0. The van der Waals surface area contributed by atoms with E-state index in [1.165, 1.54) is 11.1 Å². The third-order valence-electron chi connectivity index (χ3n) is 3.47. The molecule has 2 rings (SSSR count). The fraction of sp³-hybridized carbons (Fsp3) is 0.438. The highest BCUT2D eigenvalue weighted by atomic mass is 16.5. The van der Waals surface area contributed by atoms with E-state index in [4.69, 9.17) is 4.74 Å². The van der Waals surface area contributed by atoms with Crippen LogP contribution >= 0.6 is 0 Å². The van der Waals surface area contributed by atoms with Gasteiger partial charge in [0, 0.05) is 29.9 Å². The Bertz CT molecular complexity index is 563. The Balaban J connectivity index is 2.12. The first-order chi connectivity index (χ1) is 9.63. The Morgan fingerprint density at radius 2 is 2.20 bits per heavy atom. The van der Waals surface area contributed by atoms with Crippen molar-refractivity contribution in [2.75, 3.05) is 7.05 Å². The van der Waals surface area contributed by atoms with Crippen molar-refractivity contribution in [3.63, 3.8) is 0 Å². The number of hydrogen-bond donors (Lipinski definition) is 1. The molecule has 0 amide bonds. The van der Waals surface area contributed by atoms with Gasteiger partial charge in [-0.3, -0.25) is 4.68 Å². The van der Waals surface area contributed by atoms with Gasteiger partial charge in [-0.1, -0.05) is 17.7 Å². The average molecular weight is 273 g/mol. The van der Waals surface area contributed by atoms with Crippen molar-refractivity contribution in [1.29, 1.82) is 0 Å². The van der Waals surface area contributed by atoms with Crippen LogP contribution in [0.2, 0.25) is 0 Å². The number of aryl methyl sites for hydroxylation is 2. The van der Waals surface area contributed by atoms with Gasteiger partial charge in [0.2, 0.25) is 0 Å². The highest BCUT2D eigenvalue weighted by Crippen LogP contribution is 2.26. The Kier molecular flexibility index (Phi) is 4.79. The number of nitrogens with one attached hydrogen (secondary N) is 1. The van der Waals surface area contributed by atoms with Crippen molar-refractivity contribution in [1.82, 2.24) is 15.1 Å². The Labute approximate surface area is 120 Å². The lowest BCUT2D eigenvalue weighted by Crippen LogP contribution is -2.14. The lowest BCUT2D eigenvalue weighted by molar-refractivity contribution is 0.300. The molecule has 0 aliphatic heterocycles. The molecule has 0 radical (unpaired) electrons. The van der Waals surface area contributed by atoms with Gasteiger partial charge in [-0.2, -0.15) is 5.10 Å². The van der Waals surface area contributed by atoms with Gasteiger partial charge in [0.1, 0.15) is 12.4 Å². The Hall–Kier alpha value is -1.81. The normalized spacial score (nSPS) is 12.4. The van der Waals surface area contributed by atoms with E-state index < -0.39 is 0 Å². The fourth-order valence-corrected chi connectivity index (χ4v) is 2.11. The van der Waals surface area contributed by atoms with Crippen LogP contribution < -0.4 is 10.1 Å². The topological polar surface area (TPSA) is 39.1 Å². The maximum atomic E-state index is 5.97. The number of aromatic nitrogens is 2. The molecule has 2 aromatic rings. The van der Waals surface area contributed by atoms with Crippen molar-refractivity contribution < 1.29 is 4.74 Å². The largest absolute Gasteiger partial charge is 0.488 e. The van der Waals surface area contributed by atoms with E-state index in [1.54, 1.807) is 0 Å². The van der Waals surface area contributed by atoms with Crippen molar-refractivity contribution in [2.24, 2.45) is 0 Å². The first-order valence-corrected chi connectivity index (χ1v) is 7.06. The Morgan fingerprint density at radius 3 is 2.85 bits per heavy atom. The second-order valence-corrected chi connectivity index (χ2v) is 5.04. The molecule has 1 aromatic carbocycles. The van der Waals surface area contributed by atoms with Crippen LogP contribution in [-0.2, 0) is 13.2 Å². The number of hydrogen-bond acceptors (Lipinski definition) is 3. The van der Waals surface area contributed by atoms with Gasteiger partial charge in [0.15, 0.2) is 0 Å². The molecule has 0 aliphatic carbocycles. The third kappa shape index (κ3) is 3.39. The number of rotatable bonds is 6. The SMILES string of the molecule is CCn1cc(COc2ccc(C)cc2C(C)NC)cn1. The van der Waals surface area contributed by atoms with Crippen LogP contribution in [0.4, 0.5) is 0 Å². The predicted molar refractivity (Wildman–Crippen MR) is 80.9 cm³/mol. The van der Waals surface area contributed by atoms with Gasteiger partial charge in [-0.15, -0.1) is 0 Å². The second kappa shape index (κ2) is 6.57. The first-order valence-electron chi connectivity index (χ1n) is 7.06. The van der Waals surface area contributed by atoms with E-state index in [2.05, 4.69) is 43.3 Å². The lowest BCUT2D eigenvalue weighted by atomic mass is 10.0. The third-order valence-corrected chi connectivity index (χ3v) is 3.47. The van der Waals surface area contributed by atoms with E-state index in [0.29, 0.717) is 6.61 Å². The van der Waals surface area contributed by atoms with Crippen molar-refractivity contribution in [3.8, 4) is 5.75 Å². The second-order valence-electron chi connectivity index (χ2n) is 5.04. The quantitative estimate of drug-likeness (QED) is 0.879. The van der Waals surface area contributed by atoms with Gasteiger partial charge in [0.25, 0.3) is 0 Å². The molecular weight excluding hydrogens is 250 g/mol. The van der Waals surface area contributed by atoms with Gasteiger partial charge in [-0.25, -0.2) is 0 Å². The minimum Gasteiger partial charge on any atom is -0.488 e. The summed E-state index contributed by atoms with van der Waals surface area (Å²) in [5.41, 5.74) is 3.53. The summed E-state index contributed by atoms with van der Waals surface area (Å²) in [6.07, 6.45) is 3.88. The number of ether oxygens (including phenoxy) is 1. The molecule has 108 valence electrons. The highest BCUT2D eigenvalue weighted by Gasteiger charge is 2.11. The molecule has 1 aromatic heterocycles. The standard InChI is InChI=1S/C16H23N3O/c1-5-19-10-14(9-18-19)11-20-16-7-6-12(2)8-15(16)13(3)17-4/h6-10,13,17H,5,11H2,1-4H3. The molecular formula is C16H23N3O. The maximum absolute atomic E-state index is 5.97. The summed E-state index contributed by atoms with van der Waals surface area (Å²) in [6, 6.07) is 6.56. The molecule has 1 unspecified atom stereocenters. The van der Waals surface area contributed by atoms with E-state index in [9.17, 15) is 0 Å².